The van der Waals surface area contributed by atoms with Gasteiger partial charge in [-0.1, -0.05) is 12.1 Å². The van der Waals surface area contributed by atoms with Crippen LogP contribution in [0.3, 0.4) is 0 Å². The Morgan fingerprint density at radius 3 is 2.86 bits per heavy atom. The zero-order valence-corrected chi connectivity index (χ0v) is 11.7. The number of amides is 1. The fourth-order valence-electron chi connectivity index (χ4n) is 1.97. The molecule has 21 heavy (non-hydrogen) atoms. The van der Waals surface area contributed by atoms with Crippen LogP contribution in [0.25, 0.3) is 0 Å². The number of hydrogen-bond acceptors (Lipinski definition) is 3. The lowest BCUT2D eigenvalue weighted by Gasteiger charge is -2.12. The van der Waals surface area contributed by atoms with Gasteiger partial charge in [-0.25, -0.2) is 4.79 Å². The van der Waals surface area contributed by atoms with Crippen LogP contribution in [-0.4, -0.2) is 33.3 Å². The highest BCUT2D eigenvalue weighted by molar-refractivity contribution is 5.87. The largest absolute Gasteiger partial charge is 0.478 e. The highest BCUT2D eigenvalue weighted by atomic mass is 16.4. The predicted molar refractivity (Wildman–Crippen MR) is 77.1 cm³/mol. The normalized spacial score (nSPS) is 11.9. The summed E-state index contributed by atoms with van der Waals surface area (Å²) in [6.45, 7) is 2.22. The molecule has 1 atom stereocenters. The Labute approximate surface area is 122 Å². The number of nitrogens with one attached hydrogen (secondary N) is 1. The molecule has 0 aliphatic rings. The average Bonchev–Trinajstić information content (AvgIpc) is 3.00. The van der Waals surface area contributed by atoms with Gasteiger partial charge >= 0.3 is 5.97 Å². The number of aromatic nitrogens is 2. The van der Waals surface area contributed by atoms with Gasteiger partial charge in [0.25, 0.3) is 0 Å². The van der Waals surface area contributed by atoms with Gasteiger partial charge in [0.2, 0.25) is 5.91 Å². The first-order chi connectivity index (χ1) is 10.1. The fraction of sp³-hybridized carbons (Fsp3) is 0.267. The van der Waals surface area contributed by atoms with Crippen LogP contribution in [0.4, 0.5) is 0 Å². The van der Waals surface area contributed by atoms with Gasteiger partial charge in [-0.3, -0.25) is 9.48 Å². The third-order valence-electron chi connectivity index (χ3n) is 3.19. The van der Waals surface area contributed by atoms with Crippen LogP contribution in [0.5, 0.6) is 0 Å². The smallest absolute Gasteiger partial charge is 0.335 e. The van der Waals surface area contributed by atoms with Crippen LogP contribution in [0.1, 0.15) is 28.9 Å². The SMILES string of the molecule is CC(C(=O)NCCc1cccc(C(=O)O)c1)n1cccn1. The van der Waals surface area contributed by atoms with Crippen molar-refractivity contribution in [3.8, 4) is 0 Å². The van der Waals surface area contributed by atoms with E-state index in [2.05, 4.69) is 10.4 Å². The van der Waals surface area contributed by atoms with Gasteiger partial charge in [-0.2, -0.15) is 5.10 Å². The quantitative estimate of drug-likeness (QED) is 0.843. The van der Waals surface area contributed by atoms with Gasteiger partial charge < -0.3 is 10.4 Å². The molecule has 1 amide bonds. The molecule has 0 saturated heterocycles. The molecule has 1 aromatic carbocycles. The summed E-state index contributed by atoms with van der Waals surface area (Å²) in [5.74, 6) is -1.07. The van der Waals surface area contributed by atoms with Crippen molar-refractivity contribution in [2.45, 2.75) is 19.4 Å². The number of rotatable bonds is 6. The van der Waals surface area contributed by atoms with E-state index >= 15 is 0 Å². The Bertz CT molecular complexity index is 623. The molecule has 110 valence electrons. The van der Waals surface area contributed by atoms with E-state index in [1.807, 2.05) is 6.07 Å². The van der Waals surface area contributed by atoms with Crippen molar-refractivity contribution in [2.75, 3.05) is 6.54 Å². The lowest BCUT2D eigenvalue weighted by atomic mass is 10.1. The van der Waals surface area contributed by atoms with E-state index in [1.54, 1.807) is 48.3 Å². The van der Waals surface area contributed by atoms with E-state index in [1.165, 1.54) is 0 Å². The monoisotopic (exact) mass is 287 g/mol. The van der Waals surface area contributed by atoms with Crippen molar-refractivity contribution in [1.82, 2.24) is 15.1 Å². The first-order valence-corrected chi connectivity index (χ1v) is 6.67. The zero-order valence-electron chi connectivity index (χ0n) is 11.7. The van der Waals surface area contributed by atoms with E-state index in [9.17, 15) is 9.59 Å². The fourth-order valence-corrected chi connectivity index (χ4v) is 1.97. The van der Waals surface area contributed by atoms with Gasteiger partial charge in [0, 0.05) is 18.9 Å². The van der Waals surface area contributed by atoms with Crippen molar-refractivity contribution in [3.63, 3.8) is 0 Å². The Balaban J connectivity index is 1.85. The highest BCUT2D eigenvalue weighted by Gasteiger charge is 2.14. The lowest BCUT2D eigenvalue weighted by Crippen LogP contribution is -2.32. The standard InChI is InChI=1S/C15H17N3O3/c1-11(18-9-3-7-17-18)14(19)16-8-6-12-4-2-5-13(10-12)15(20)21/h2-5,7,9-11H,6,8H2,1H3,(H,16,19)(H,20,21). The summed E-state index contributed by atoms with van der Waals surface area (Å²) in [5.41, 5.74) is 1.13. The van der Waals surface area contributed by atoms with Gasteiger partial charge in [0.05, 0.1) is 5.56 Å². The molecule has 1 aromatic heterocycles. The number of aromatic carboxylic acids is 1. The molecule has 6 nitrogen and oxygen atoms in total. The van der Waals surface area contributed by atoms with Crippen molar-refractivity contribution in [1.29, 1.82) is 0 Å². The average molecular weight is 287 g/mol. The molecule has 0 bridgehead atoms. The molecule has 2 rings (SSSR count). The zero-order chi connectivity index (χ0) is 15.2. The van der Waals surface area contributed by atoms with Crippen LogP contribution in [0, 0.1) is 0 Å². The topological polar surface area (TPSA) is 84.2 Å². The summed E-state index contributed by atoms with van der Waals surface area (Å²) in [4.78, 5) is 22.8. The third-order valence-corrected chi connectivity index (χ3v) is 3.19. The minimum absolute atomic E-state index is 0.118. The molecule has 6 heteroatoms. The maximum absolute atomic E-state index is 11.9. The van der Waals surface area contributed by atoms with Crippen molar-refractivity contribution in [3.05, 3.63) is 53.9 Å². The lowest BCUT2D eigenvalue weighted by molar-refractivity contribution is -0.124. The molecule has 0 aliphatic carbocycles. The number of hydrogen-bond donors (Lipinski definition) is 2. The van der Waals surface area contributed by atoms with Crippen LogP contribution in [-0.2, 0) is 11.2 Å². The van der Waals surface area contributed by atoms with Crippen LogP contribution >= 0.6 is 0 Å². The summed E-state index contributed by atoms with van der Waals surface area (Å²) in [6.07, 6.45) is 3.94. The third kappa shape index (κ3) is 3.92. The van der Waals surface area contributed by atoms with Crippen molar-refractivity contribution < 1.29 is 14.7 Å². The number of carbonyl (C=O) groups is 2. The van der Waals surface area contributed by atoms with Crippen molar-refractivity contribution >= 4 is 11.9 Å². The molecule has 1 unspecified atom stereocenters. The Kier molecular flexibility index (Phi) is 4.71. The number of nitrogens with zero attached hydrogens (tertiary/aromatic N) is 2. The van der Waals surface area contributed by atoms with E-state index in [0.29, 0.717) is 13.0 Å². The predicted octanol–water partition coefficient (Wildman–Crippen LogP) is 1.50. The molecular formula is C15H17N3O3. The maximum Gasteiger partial charge on any atom is 0.335 e. The summed E-state index contributed by atoms with van der Waals surface area (Å²) in [7, 11) is 0. The maximum atomic E-state index is 11.9. The van der Waals surface area contributed by atoms with Crippen LogP contribution in [0.2, 0.25) is 0 Å². The molecule has 2 N–H and O–H groups in total. The molecule has 0 saturated carbocycles. The molecular weight excluding hydrogens is 270 g/mol. The minimum atomic E-state index is -0.951. The summed E-state index contributed by atoms with van der Waals surface area (Å²) in [5, 5.41) is 15.8. The van der Waals surface area contributed by atoms with Gasteiger partial charge in [0.1, 0.15) is 6.04 Å². The van der Waals surface area contributed by atoms with E-state index in [0.717, 1.165) is 5.56 Å². The summed E-state index contributed by atoms with van der Waals surface area (Å²) >= 11 is 0. The number of carbonyl (C=O) groups excluding carboxylic acids is 1. The highest BCUT2D eigenvalue weighted by Crippen LogP contribution is 2.06. The van der Waals surface area contributed by atoms with Gasteiger partial charge in [-0.15, -0.1) is 0 Å². The first-order valence-electron chi connectivity index (χ1n) is 6.67. The van der Waals surface area contributed by atoms with E-state index in [-0.39, 0.29) is 17.5 Å². The second-order valence-corrected chi connectivity index (χ2v) is 4.71. The van der Waals surface area contributed by atoms with Crippen LogP contribution in [0.15, 0.2) is 42.7 Å². The van der Waals surface area contributed by atoms with Gasteiger partial charge in [-0.05, 0) is 37.1 Å². The van der Waals surface area contributed by atoms with Crippen LogP contribution < -0.4 is 5.32 Å². The van der Waals surface area contributed by atoms with E-state index < -0.39 is 5.97 Å². The second kappa shape index (κ2) is 6.69. The number of benzene rings is 1. The Morgan fingerprint density at radius 2 is 2.19 bits per heavy atom. The number of carboxylic acids is 1. The van der Waals surface area contributed by atoms with Gasteiger partial charge in [0.15, 0.2) is 0 Å². The number of carboxylic acid groups (broad SMARTS) is 1. The first kappa shape index (κ1) is 14.8. The molecule has 2 aromatic rings. The summed E-state index contributed by atoms with van der Waals surface area (Å²) in [6, 6.07) is 8.10. The summed E-state index contributed by atoms with van der Waals surface area (Å²) < 4.78 is 1.58. The molecule has 0 radical (unpaired) electrons. The molecule has 0 spiro atoms. The molecule has 1 heterocycles. The van der Waals surface area contributed by atoms with E-state index in [4.69, 9.17) is 5.11 Å². The molecule has 0 fully saturated rings. The molecule has 0 aliphatic heterocycles. The Morgan fingerprint density at radius 1 is 1.38 bits per heavy atom. The van der Waals surface area contributed by atoms with Crippen molar-refractivity contribution in [2.24, 2.45) is 0 Å². The Hall–Kier alpha value is -2.63. The second-order valence-electron chi connectivity index (χ2n) is 4.71. The minimum Gasteiger partial charge on any atom is -0.478 e.